The number of piperidine rings is 1. The molecule has 118 valence electrons. The van der Waals surface area contributed by atoms with Gasteiger partial charge in [-0.15, -0.1) is 11.3 Å². The molecular weight excluding hydrogens is 296 g/mol. The summed E-state index contributed by atoms with van der Waals surface area (Å²) in [6, 6.07) is 4.23. The number of anilines is 1. The van der Waals surface area contributed by atoms with E-state index in [0.29, 0.717) is 5.57 Å². The second kappa shape index (κ2) is 5.88. The van der Waals surface area contributed by atoms with Crippen LogP contribution in [0.15, 0.2) is 22.9 Å². The van der Waals surface area contributed by atoms with Gasteiger partial charge in [0.25, 0.3) is 0 Å². The number of carbonyl (C=O) groups is 1. The second-order valence-electron chi connectivity index (χ2n) is 6.85. The lowest BCUT2D eigenvalue weighted by Crippen LogP contribution is -2.28. The molecule has 0 spiro atoms. The van der Waals surface area contributed by atoms with Gasteiger partial charge in [-0.3, -0.25) is 0 Å². The van der Waals surface area contributed by atoms with Gasteiger partial charge < -0.3 is 9.74 Å². The second-order valence-corrected chi connectivity index (χ2v) is 7.94. The van der Waals surface area contributed by atoms with Gasteiger partial charge in [-0.05, 0) is 37.5 Å². The molecule has 5 heteroatoms. The van der Waals surface area contributed by atoms with Crippen LogP contribution in [0, 0.1) is 5.41 Å². The summed E-state index contributed by atoms with van der Waals surface area (Å²) in [7, 11) is 0. The van der Waals surface area contributed by atoms with Crippen molar-refractivity contribution in [2.75, 3.05) is 18.0 Å². The molecule has 1 fully saturated rings. The van der Waals surface area contributed by atoms with Crippen LogP contribution in [0.4, 0.5) is 5.00 Å². The van der Waals surface area contributed by atoms with Crippen molar-refractivity contribution < 1.29 is 9.63 Å². The molecule has 1 aromatic rings. The molecule has 0 unspecified atom stereocenters. The van der Waals surface area contributed by atoms with E-state index in [-0.39, 0.29) is 11.4 Å². The molecule has 0 atom stereocenters. The first-order valence-corrected chi connectivity index (χ1v) is 8.63. The van der Waals surface area contributed by atoms with Gasteiger partial charge in [-0.2, -0.15) is 0 Å². The summed E-state index contributed by atoms with van der Waals surface area (Å²) in [5, 5.41) is 5.24. The molecule has 0 aromatic carbocycles. The molecule has 1 aromatic heterocycles. The fraction of sp³-hybridized carbons (Fsp3) is 0.529. The SMILES string of the molecule is CC(C)(C)C1=NOC(=O)C1=Cc1ccc(N2CCCCC2)s1. The monoisotopic (exact) mass is 318 g/mol. The Balaban J connectivity index is 1.84. The fourth-order valence-corrected chi connectivity index (χ4v) is 3.80. The van der Waals surface area contributed by atoms with Gasteiger partial charge in [-0.25, -0.2) is 4.79 Å². The van der Waals surface area contributed by atoms with Crippen molar-refractivity contribution in [1.82, 2.24) is 0 Å². The van der Waals surface area contributed by atoms with Gasteiger partial charge in [0.15, 0.2) is 0 Å². The highest BCUT2D eigenvalue weighted by molar-refractivity contribution is 7.17. The molecular formula is C17H22N2O2S. The minimum Gasteiger partial charge on any atom is -0.363 e. The fourth-order valence-electron chi connectivity index (χ4n) is 2.80. The highest BCUT2D eigenvalue weighted by Gasteiger charge is 2.34. The standard InChI is InChI=1S/C17H22N2O2S/c1-17(2,3)15-13(16(20)21-18-15)11-12-7-8-14(22-12)19-9-5-4-6-10-19/h7-8,11H,4-6,9-10H2,1-3H3. The van der Waals surface area contributed by atoms with Gasteiger partial charge in [0, 0.05) is 23.4 Å². The van der Waals surface area contributed by atoms with Gasteiger partial charge >= 0.3 is 5.97 Å². The number of hydrogen-bond acceptors (Lipinski definition) is 5. The maximum absolute atomic E-state index is 11.9. The Labute approximate surface area is 135 Å². The molecule has 0 radical (unpaired) electrons. The lowest BCUT2D eigenvalue weighted by molar-refractivity contribution is -0.136. The smallest absolute Gasteiger partial charge is 0.363 e. The van der Waals surface area contributed by atoms with Crippen molar-refractivity contribution in [3.8, 4) is 0 Å². The number of carbonyl (C=O) groups excluding carboxylic acids is 1. The van der Waals surface area contributed by atoms with E-state index in [4.69, 9.17) is 4.84 Å². The molecule has 2 aliphatic heterocycles. The molecule has 2 aliphatic rings. The third-order valence-electron chi connectivity index (χ3n) is 3.97. The van der Waals surface area contributed by atoms with Crippen molar-refractivity contribution in [2.24, 2.45) is 10.6 Å². The van der Waals surface area contributed by atoms with Gasteiger partial charge in [0.05, 0.1) is 10.6 Å². The Morgan fingerprint density at radius 3 is 2.64 bits per heavy atom. The summed E-state index contributed by atoms with van der Waals surface area (Å²) in [4.78, 5) is 20.3. The molecule has 4 nitrogen and oxygen atoms in total. The van der Waals surface area contributed by atoms with Crippen LogP contribution < -0.4 is 4.90 Å². The quantitative estimate of drug-likeness (QED) is 0.609. The highest BCUT2D eigenvalue weighted by Crippen LogP contribution is 2.33. The molecule has 0 N–H and O–H groups in total. The third kappa shape index (κ3) is 3.09. The zero-order valence-corrected chi connectivity index (χ0v) is 14.2. The molecule has 0 amide bonds. The van der Waals surface area contributed by atoms with Crippen LogP contribution in [0.1, 0.15) is 44.9 Å². The van der Waals surface area contributed by atoms with Crippen LogP contribution in [-0.2, 0) is 9.63 Å². The van der Waals surface area contributed by atoms with E-state index < -0.39 is 0 Å². The van der Waals surface area contributed by atoms with Crippen LogP contribution in [0.25, 0.3) is 6.08 Å². The summed E-state index contributed by atoms with van der Waals surface area (Å²) in [6.07, 6.45) is 5.77. The van der Waals surface area contributed by atoms with Gasteiger partial charge in [0.1, 0.15) is 5.71 Å². The number of thiophene rings is 1. The van der Waals surface area contributed by atoms with Gasteiger partial charge in [0.2, 0.25) is 0 Å². The lowest BCUT2D eigenvalue weighted by atomic mass is 9.85. The summed E-state index contributed by atoms with van der Waals surface area (Å²) >= 11 is 1.73. The number of hydrogen-bond donors (Lipinski definition) is 0. The Hall–Kier alpha value is -1.62. The minimum atomic E-state index is -0.349. The number of oxime groups is 1. The van der Waals surface area contributed by atoms with E-state index >= 15 is 0 Å². The maximum atomic E-state index is 11.9. The summed E-state index contributed by atoms with van der Waals surface area (Å²) in [5.74, 6) is -0.349. The zero-order chi connectivity index (χ0) is 15.7. The molecule has 22 heavy (non-hydrogen) atoms. The van der Waals surface area contributed by atoms with E-state index in [2.05, 4.69) is 22.2 Å². The minimum absolute atomic E-state index is 0.203. The Kier molecular flexibility index (Phi) is 4.08. The van der Waals surface area contributed by atoms with E-state index in [0.717, 1.165) is 23.7 Å². The van der Waals surface area contributed by atoms with E-state index in [9.17, 15) is 4.79 Å². The number of nitrogens with zero attached hydrogens (tertiary/aromatic N) is 2. The van der Waals surface area contributed by atoms with Crippen molar-refractivity contribution in [3.05, 3.63) is 22.6 Å². The van der Waals surface area contributed by atoms with Crippen molar-refractivity contribution in [2.45, 2.75) is 40.0 Å². The third-order valence-corrected chi connectivity index (χ3v) is 5.07. The highest BCUT2D eigenvalue weighted by atomic mass is 32.1. The molecule has 0 aliphatic carbocycles. The van der Waals surface area contributed by atoms with Crippen molar-refractivity contribution in [3.63, 3.8) is 0 Å². The largest absolute Gasteiger partial charge is 0.367 e. The maximum Gasteiger partial charge on any atom is 0.367 e. The summed E-state index contributed by atoms with van der Waals surface area (Å²) < 4.78 is 0. The lowest BCUT2D eigenvalue weighted by Gasteiger charge is -2.27. The first-order chi connectivity index (χ1) is 10.4. The van der Waals surface area contributed by atoms with Crippen LogP contribution in [0.2, 0.25) is 0 Å². The predicted molar refractivity (Wildman–Crippen MR) is 91.3 cm³/mol. The molecule has 0 saturated carbocycles. The molecule has 3 rings (SSSR count). The topological polar surface area (TPSA) is 41.9 Å². The summed E-state index contributed by atoms with van der Waals surface area (Å²) in [5.41, 5.74) is 1.11. The number of rotatable bonds is 2. The molecule has 3 heterocycles. The van der Waals surface area contributed by atoms with Crippen molar-refractivity contribution >= 4 is 34.1 Å². The van der Waals surface area contributed by atoms with Crippen LogP contribution in [0.3, 0.4) is 0 Å². The first-order valence-electron chi connectivity index (χ1n) is 7.82. The van der Waals surface area contributed by atoms with Crippen LogP contribution in [-0.4, -0.2) is 24.8 Å². The summed E-state index contributed by atoms with van der Waals surface area (Å²) in [6.45, 7) is 8.38. The van der Waals surface area contributed by atoms with E-state index in [1.54, 1.807) is 11.3 Å². The van der Waals surface area contributed by atoms with E-state index in [1.165, 1.54) is 24.3 Å². The first kappa shape index (κ1) is 15.3. The van der Waals surface area contributed by atoms with Crippen LogP contribution in [0.5, 0.6) is 0 Å². The zero-order valence-electron chi connectivity index (χ0n) is 13.4. The Morgan fingerprint density at radius 2 is 1.95 bits per heavy atom. The average Bonchev–Trinajstić information content (AvgIpc) is 3.08. The Bertz CT molecular complexity index is 631. The van der Waals surface area contributed by atoms with Crippen LogP contribution >= 0.6 is 11.3 Å². The van der Waals surface area contributed by atoms with Crippen molar-refractivity contribution in [1.29, 1.82) is 0 Å². The van der Waals surface area contributed by atoms with Gasteiger partial charge in [-0.1, -0.05) is 25.9 Å². The normalized spacial score (nSPS) is 21.2. The molecule has 1 saturated heterocycles. The average molecular weight is 318 g/mol. The Morgan fingerprint density at radius 1 is 1.23 bits per heavy atom. The molecule has 0 bridgehead atoms. The predicted octanol–water partition coefficient (Wildman–Crippen LogP) is 4.08. The van der Waals surface area contributed by atoms with E-state index in [1.807, 2.05) is 26.8 Å².